The summed E-state index contributed by atoms with van der Waals surface area (Å²) in [4.78, 5) is 10.4. The van der Waals surface area contributed by atoms with Gasteiger partial charge in [-0.15, -0.1) is 0 Å². The second-order valence-corrected chi connectivity index (χ2v) is 9.89. The van der Waals surface area contributed by atoms with E-state index in [0.717, 1.165) is 11.1 Å². The molecule has 0 saturated carbocycles. The van der Waals surface area contributed by atoms with Gasteiger partial charge in [0, 0.05) is 12.4 Å². The van der Waals surface area contributed by atoms with E-state index in [1.807, 2.05) is 0 Å². The van der Waals surface area contributed by atoms with Crippen LogP contribution < -0.4 is 0 Å². The molecule has 2 unspecified atom stereocenters. The summed E-state index contributed by atoms with van der Waals surface area (Å²) in [7, 11) is 0. The van der Waals surface area contributed by atoms with Gasteiger partial charge in [-0.2, -0.15) is 0 Å². The number of aliphatic imine (C=N–C) groups is 2. The SMILES string of the molecule is Cc1cc(C)c(C=NC(c2ccccc2)C(N=Cc2c(C)cc(C)cc2C)c2ccccc2)c(C)c1. The van der Waals surface area contributed by atoms with Gasteiger partial charge in [0.2, 0.25) is 0 Å². The van der Waals surface area contributed by atoms with Crippen molar-refractivity contribution in [2.45, 2.75) is 53.6 Å². The van der Waals surface area contributed by atoms with Crippen LogP contribution in [-0.4, -0.2) is 12.4 Å². The highest BCUT2D eigenvalue weighted by atomic mass is 14.9. The maximum Gasteiger partial charge on any atom is 0.101 e. The number of hydrogen-bond donors (Lipinski definition) is 0. The Bertz CT molecular complexity index is 1230. The highest BCUT2D eigenvalue weighted by molar-refractivity contribution is 5.85. The Kier molecular flexibility index (Phi) is 7.95. The Hall–Kier alpha value is -3.78. The number of rotatable bonds is 7. The third kappa shape index (κ3) is 5.88. The van der Waals surface area contributed by atoms with Gasteiger partial charge in [-0.3, -0.25) is 9.98 Å². The van der Waals surface area contributed by atoms with Crippen LogP contribution in [0.15, 0.2) is 94.9 Å². The fraction of sp³-hybridized carbons (Fsp3) is 0.235. The van der Waals surface area contributed by atoms with E-state index in [2.05, 4.69) is 139 Å². The fourth-order valence-electron chi connectivity index (χ4n) is 5.10. The molecule has 4 aromatic rings. The summed E-state index contributed by atoms with van der Waals surface area (Å²) in [5.74, 6) is 0. The fourth-order valence-corrected chi connectivity index (χ4v) is 5.10. The molecule has 4 rings (SSSR count). The summed E-state index contributed by atoms with van der Waals surface area (Å²) in [6.45, 7) is 12.9. The molecule has 182 valence electrons. The van der Waals surface area contributed by atoms with Crippen LogP contribution in [0.4, 0.5) is 0 Å². The van der Waals surface area contributed by atoms with E-state index >= 15 is 0 Å². The summed E-state index contributed by atoms with van der Waals surface area (Å²) in [5, 5.41) is 0. The Morgan fingerprint density at radius 3 is 1.08 bits per heavy atom. The number of aryl methyl sites for hydroxylation is 6. The molecule has 2 nitrogen and oxygen atoms in total. The van der Waals surface area contributed by atoms with Crippen molar-refractivity contribution in [3.63, 3.8) is 0 Å². The van der Waals surface area contributed by atoms with Crippen molar-refractivity contribution in [3.8, 4) is 0 Å². The maximum absolute atomic E-state index is 5.22. The Morgan fingerprint density at radius 2 is 0.778 bits per heavy atom. The van der Waals surface area contributed by atoms with Crippen LogP contribution in [0.5, 0.6) is 0 Å². The second kappa shape index (κ2) is 11.3. The first-order chi connectivity index (χ1) is 17.3. The van der Waals surface area contributed by atoms with E-state index in [-0.39, 0.29) is 12.1 Å². The largest absolute Gasteiger partial charge is 0.282 e. The normalized spacial score (nSPS) is 13.4. The first-order valence-electron chi connectivity index (χ1n) is 12.7. The summed E-state index contributed by atoms with van der Waals surface area (Å²) in [5.41, 5.74) is 12.2. The van der Waals surface area contributed by atoms with Crippen molar-refractivity contribution in [2.75, 3.05) is 0 Å². The van der Waals surface area contributed by atoms with Crippen LogP contribution in [0.2, 0.25) is 0 Å². The van der Waals surface area contributed by atoms with Gasteiger partial charge >= 0.3 is 0 Å². The van der Waals surface area contributed by atoms with Gasteiger partial charge in [-0.1, -0.05) is 96.1 Å². The van der Waals surface area contributed by atoms with Crippen molar-refractivity contribution in [2.24, 2.45) is 9.98 Å². The molecule has 0 fully saturated rings. The van der Waals surface area contributed by atoms with E-state index < -0.39 is 0 Å². The Labute approximate surface area is 216 Å². The molecule has 0 spiro atoms. The highest BCUT2D eigenvalue weighted by Crippen LogP contribution is 2.36. The van der Waals surface area contributed by atoms with Gasteiger partial charge in [0.25, 0.3) is 0 Å². The molecular formula is C34H36N2. The summed E-state index contributed by atoms with van der Waals surface area (Å²) in [6.07, 6.45) is 4.10. The lowest BCUT2D eigenvalue weighted by atomic mass is 9.93. The minimum Gasteiger partial charge on any atom is -0.282 e. The zero-order valence-corrected chi connectivity index (χ0v) is 22.3. The Morgan fingerprint density at radius 1 is 0.472 bits per heavy atom. The lowest BCUT2D eigenvalue weighted by Gasteiger charge is -2.22. The molecular weight excluding hydrogens is 436 g/mol. The predicted octanol–water partition coefficient (Wildman–Crippen LogP) is 8.56. The standard InChI is InChI=1S/C34H36N2/c1-23-17-25(3)31(26(4)18-23)21-35-33(29-13-9-7-10-14-29)34(30-15-11-8-12-16-30)36-22-32-27(5)19-24(2)20-28(32)6/h7-22,33-34H,1-6H3. The van der Waals surface area contributed by atoms with E-state index in [4.69, 9.17) is 9.98 Å². The van der Waals surface area contributed by atoms with Gasteiger partial charge in [0.1, 0.15) is 12.1 Å². The van der Waals surface area contributed by atoms with Crippen LogP contribution >= 0.6 is 0 Å². The van der Waals surface area contributed by atoms with Gasteiger partial charge in [-0.05, 0) is 86.1 Å². The van der Waals surface area contributed by atoms with Gasteiger partial charge in [0.15, 0.2) is 0 Å². The topological polar surface area (TPSA) is 24.7 Å². The molecule has 4 aromatic carbocycles. The Balaban J connectivity index is 1.84. The second-order valence-electron chi connectivity index (χ2n) is 9.89. The van der Waals surface area contributed by atoms with E-state index in [9.17, 15) is 0 Å². The molecule has 0 bridgehead atoms. The van der Waals surface area contributed by atoms with E-state index in [1.165, 1.54) is 44.5 Å². The molecule has 0 aliphatic heterocycles. The lowest BCUT2D eigenvalue weighted by Crippen LogP contribution is -2.10. The molecule has 0 aliphatic rings. The van der Waals surface area contributed by atoms with Crippen LogP contribution in [0.25, 0.3) is 0 Å². The highest BCUT2D eigenvalue weighted by Gasteiger charge is 2.23. The molecule has 2 atom stereocenters. The minimum absolute atomic E-state index is 0.156. The molecule has 0 aliphatic carbocycles. The number of hydrogen-bond acceptors (Lipinski definition) is 2. The first kappa shape index (κ1) is 25.3. The summed E-state index contributed by atoms with van der Waals surface area (Å²) < 4.78 is 0. The smallest absolute Gasteiger partial charge is 0.101 e. The quantitative estimate of drug-likeness (QED) is 0.241. The summed E-state index contributed by atoms with van der Waals surface area (Å²) in [6, 6.07) is 29.7. The monoisotopic (exact) mass is 472 g/mol. The van der Waals surface area contributed by atoms with Crippen LogP contribution in [0.3, 0.4) is 0 Å². The molecule has 2 heteroatoms. The number of benzene rings is 4. The average molecular weight is 473 g/mol. The molecule has 0 heterocycles. The third-order valence-electron chi connectivity index (χ3n) is 6.79. The number of nitrogens with zero attached hydrogens (tertiary/aromatic N) is 2. The van der Waals surface area contributed by atoms with E-state index in [1.54, 1.807) is 0 Å². The van der Waals surface area contributed by atoms with Gasteiger partial charge in [-0.25, -0.2) is 0 Å². The molecule has 0 aromatic heterocycles. The third-order valence-corrected chi connectivity index (χ3v) is 6.79. The van der Waals surface area contributed by atoms with Gasteiger partial charge in [0.05, 0.1) is 0 Å². The molecule has 0 saturated heterocycles. The summed E-state index contributed by atoms with van der Waals surface area (Å²) >= 11 is 0. The van der Waals surface area contributed by atoms with Gasteiger partial charge < -0.3 is 0 Å². The van der Waals surface area contributed by atoms with Crippen LogP contribution in [0, 0.1) is 41.5 Å². The van der Waals surface area contributed by atoms with Crippen molar-refractivity contribution < 1.29 is 0 Å². The van der Waals surface area contributed by atoms with Crippen molar-refractivity contribution >= 4 is 12.4 Å². The average Bonchev–Trinajstić information content (AvgIpc) is 2.84. The zero-order valence-electron chi connectivity index (χ0n) is 22.3. The molecule has 36 heavy (non-hydrogen) atoms. The molecule has 0 radical (unpaired) electrons. The van der Waals surface area contributed by atoms with Crippen molar-refractivity contribution in [1.29, 1.82) is 0 Å². The van der Waals surface area contributed by atoms with Crippen LogP contribution in [-0.2, 0) is 0 Å². The molecule has 0 amide bonds. The van der Waals surface area contributed by atoms with Crippen molar-refractivity contribution in [3.05, 3.63) is 141 Å². The predicted molar refractivity (Wildman–Crippen MR) is 155 cm³/mol. The van der Waals surface area contributed by atoms with Crippen LogP contribution in [0.1, 0.15) is 67.7 Å². The zero-order chi connectivity index (χ0) is 25.7. The first-order valence-corrected chi connectivity index (χ1v) is 12.7. The van der Waals surface area contributed by atoms with E-state index in [0.29, 0.717) is 0 Å². The molecule has 0 N–H and O–H groups in total. The van der Waals surface area contributed by atoms with Crippen molar-refractivity contribution in [1.82, 2.24) is 0 Å². The lowest BCUT2D eigenvalue weighted by molar-refractivity contribution is 0.583. The minimum atomic E-state index is -0.156. The maximum atomic E-state index is 5.22.